The standard InChI is InChI=1S/C9H15NS/c1-7(2)3-8-5-11-6-9(8)4-10/h5-7H,3-4,10H2,1-2H3. The molecule has 0 unspecified atom stereocenters. The molecule has 1 aromatic rings. The van der Waals surface area contributed by atoms with E-state index in [1.54, 1.807) is 11.3 Å². The Bertz CT molecular complexity index is 215. The van der Waals surface area contributed by atoms with Crippen molar-refractivity contribution in [2.75, 3.05) is 0 Å². The molecule has 1 nitrogen and oxygen atoms in total. The number of nitrogens with two attached hydrogens (primary N) is 1. The van der Waals surface area contributed by atoms with Gasteiger partial charge in [0, 0.05) is 6.54 Å². The third-order valence-corrected chi connectivity index (χ3v) is 2.52. The van der Waals surface area contributed by atoms with Crippen LogP contribution in [0.4, 0.5) is 0 Å². The molecule has 0 saturated heterocycles. The Morgan fingerprint density at radius 2 is 2.00 bits per heavy atom. The SMILES string of the molecule is CC(C)Cc1cscc1CN. The minimum Gasteiger partial charge on any atom is -0.326 e. The topological polar surface area (TPSA) is 26.0 Å². The number of hydrogen-bond donors (Lipinski definition) is 1. The first-order valence-corrected chi connectivity index (χ1v) is 4.92. The summed E-state index contributed by atoms with van der Waals surface area (Å²) in [5, 5.41) is 4.36. The van der Waals surface area contributed by atoms with Crippen molar-refractivity contribution in [3.63, 3.8) is 0 Å². The highest BCUT2D eigenvalue weighted by Gasteiger charge is 2.03. The van der Waals surface area contributed by atoms with Crippen molar-refractivity contribution in [3.8, 4) is 0 Å². The molecule has 0 bridgehead atoms. The summed E-state index contributed by atoms with van der Waals surface area (Å²) in [6.07, 6.45) is 1.16. The Kier molecular flexibility index (Phi) is 3.09. The second kappa shape index (κ2) is 3.88. The molecular formula is C9H15NS. The van der Waals surface area contributed by atoms with Crippen LogP contribution in [-0.4, -0.2) is 0 Å². The Hall–Kier alpha value is -0.340. The Balaban J connectivity index is 2.68. The van der Waals surface area contributed by atoms with Crippen LogP contribution in [0, 0.1) is 5.92 Å². The molecular weight excluding hydrogens is 154 g/mol. The second-order valence-electron chi connectivity index (χ2n) is 3.22. The summed E-state index contributed by atoms with van der Waals surface area (Å²) in [4.78, 5) is 0. The Labute approximate surface area is 72.2 Å². The molecule has 11 heavy (non-hydrogen) atoms. The number of hydrogen-bond acceptors (Lipinski definition) is 2. The second-order valence-corrected chi connectivity index (χ2v) is 3.97. The lowest BCUT2D eigenvalue weighted by molar-refractivity contribution is 0.644. The van der Waals surface area contributed by atoms with Crippen LogP contribution in [-0.2, 0) is 13.0 Å². The van der Waals surface area contributed by atoms with E-state index in [1.165, 1.54) is 11.1 Å². The van der Waals surface area contributed by atoms with Crippen molar-refractivity contribution >= 4 is 11.3 Å². The van der Waals surface area contributed by atoms with Crippen LogP contribution in [0.25, 0.3) is 0 Å². The zero-order valence-corrected chi connectivity index (χ0v) is 7.95. The molecule has 62 valence electrons. The van der Waals surface area contributed by atoms with Crippen LogP contribution in [0.5, 0.6) is 0 Å². The van der Waals surface area contributed by atoms with Crippen molar-refractivity contribution < 1.29 is 0 Å². The van der Waals surface area contributed by atoms with E-state index < -0.39 is 0 Å². The van der Waals surface area contributed by atoms with Gasteiger partial charge < -0.3 is 5.73 Å². The average Bonchev–Trinajstić information content (AvgIpc) is 2.34. The van der Waals surface area contributed by atoms with Crippen molar-refractivity contribution in [2.45, 2.75) is 26.8 Å². The van der Waals surface area contributed by atoms with E-state index in [0.717, 1.165) is 12.3 Å². The van der Waals surface area contributed by atoms with E-state index in [1.807, 2.05) is 0 Å². The summed E-state index contributed by atoms with van der Waals surface area (Å²) in [5.41, 5.74) is 8.34. The molecule has 0 atom stereocenters. The monoisotopic (exact) mass is 169 g/mol. The van der Waals surface area contributed by atoms with Gasteiger partial charge in [-0.1, -0.05) is 13.8 Å². The average molecular weight is 169 g/mol. The van der Waals surface area contributed by atoms with E-state index in [2.05, 4.69) is 24.6 Å². The predicted molar refractivity (Wildman–Crippen MR) is 50.8 cm³/mol. The molecule has 0 aliphatic rings. The van der Waals surface area contributed by atoms with Gasteiger partial charge in [0.25, 0.3) is 0 Å². The van der Waals surface area contributed by atoms with Gasteiger partial charge in [0.05, 0.1) is 0 Å². The number of thiophene rings is 1. The van der Waals surface area contributed by atoms with Crippen molar-refractivity contribution in [1.29, 1.82) is 0 Å². The van der Waals surface area contributed by atoms with E-state index >= 15 is 0 Å². The molecule has 0 radical (unpaired) electrons. The highest BCUT2D eigenvalue weighted by Crippen LogP contribution is 2.17. The van der Waals surface area contributed by atoms with Gasteiger partial charge in [0.15, 0.2) is 0 Å². The largest absolute Gasteiger partial charge is 0.326 e. The van der Waals surface area contributed by atoms with Gasteiger partial charge in [-0.15, -0.1) is 0 Å². The molecule has 1 aromatic heterocycles. The summed E-state index contributed by atoms with van der Waals surface area (Å²) < 4.78 is 0. The van der Waals surface area contributed by atoms with Crippen LogP contribution >= 0.6 is 11.3 Å². The molecule has 2 heteroatoms. The zero-order valence-electron chi connectivity index (χ0n) is 7.13. The molecule has 1 rings (SSSR count). The Morgan fingerprint density at radius 1 is 1.36 bits per heavy atom. The predicted octanol–water partition coefficient (Wildman–Crippen LogP) is 2.41. The quantitative estimate of drug-likeness (QED) is 0.738. The van der Waals surface area contributed by atoms with E-state index in [4.69, 9.17) is 5.73 Å². The van der Waals surface area contributed by atoms with Gasteiger partial charge in [-0.05, 0) is 34.2 Å². The van der Waals surface area contributed by atoms with Crippen LogP contribution in [0.3, 0.4) is 0 Å². The van der Waals surface area contributed by atoms with Crippen molar-refractivity contribution in [3.05, 3.63) is 21.9 Å². The molecule has 0 amide bonds. The van der Waals surface area contributed by atoms with Crippen molar-refractivity contribution in [1.82, 2.24) is 0 Å². The number of rotatable bonds is 3. The lowest BCUT2D eigenvalue weighted by atomic mass is 10.0. The molecule has 0 aliphatic heterocycles. The van der Waals surface area contributed by atoms with Crippen LogP contribution in [0.2, 0.25) is 0 Å². The summed E-state index contributed by atoms with van der Waals surface area (Å²) in [7, 11) is 0. The van der Waals surface area contributed by atoms with Gasteiger partial charge in [-0.25, -0.2) is 0 Å². The van der Waals surface area contributed by atoms with Gasteiger partial charge in [0.2, 0.25) is 0 Å². The van der Waals surface area contributed by atoms with E-state index in [9.17, 15) is 0 Å². The molecule has 1 heterocycles. The molecule has 0 aromatic carbocycles. The zero-order chi connectivity index (χ0) is 8.27. The van der Waals surface area contributed by atoms with Gasteiger partial charge in [0.1, 0.15) is 0 Å². The molecule has 2 N–H and O–H groups in total. The highest BCUT2D eigenvalue weighted by atomic mass is 32.1. The smallest absolute Gasteiger partial charge is 0.0189 e. The maximum Gasteiger partial charge on any atom is 0.0189 e. The molecule has 0 saturated carbocycles. The van der Waals surface area contributed by atoms with Gasteiger partial charge >= 0.3 is 0 Å². The lowest BCUT2D eigenvalue weighted by Gasteiger charge is -2.03. The van der Waals surface area contributed by atoms with Gasteiger partial charge in [-0.3, -0.25) is 0 Å². The molecule has 0 fully saturated rings. The summed E-state index contributed by atoms with van der Waals surface area (Å²) in [6, 6.07) is 0. The lowest BCUT2D eigenvalue weighted by Crippen LogP contribution is -2.01. The van der Waals surface area contributed by atoms with Crippen LogP contribution in [0.1, 0.15) is 25.0 Å². The normalized spacial score (nSPS) is 10.9. The minimum absolute atomic E-state index is 0.686. The fourth-order valence-corrected chi connectivity index (χ4v) is 2.04. The van der Waals surface area contributed by atoms with Crippen LogP contribution < -0.4 is 5.73 Å². The fraction of sp³-hybridized carbons (Fsp3) is 0.556. The van der Waals surface area contributed by atoms with E-state index in [-0.39, 0.29) is 0 Å². The van der Waals surface area contributed by atoms with Crippen LogP contribution in [0.15, 0.2) is 10.8 Å². The Morgan fingerprint density at radius 3 is 2.55 bits per heavy atom. The van der Waals surface area contributed by atoms with Gasteiger partial charge in [-0.2, -0.15) is 11.3 Å². The summed E-state index contributed by atoms with van der Waals surface area (Å²) >= 11 is 1.75. The maximum atomic E-state index is 5.58. The summed E-state index contributed by atoms with van der Waals surface area (Å²) in [5.74, 6) is 0.731. The first-order valence-electron chi connectivity index (χ1n) is 3.98. The summed E-state index contributed by atoms with van der Waals surface area (Å²) in [6.45, 7) is 5.15. The highest BCUT2D eigenvalue weighted by molar-refractivity contribution is 7.08. The third-order valence-electron chi connectivity index (χ3n) is 1.68. The third kappa shape index (κ3) is 2.31. The molecule has 0 spiro atoms. The first kappa shape index (κ1) is 8.75. The first-order chi connectivity index (χ1) is 5.24. The molecule has 0 aliphatic carbocycles. The fourth-order valence-electron chi connectivity index (χ4n) is 1.15. The minimum atomic E-state index is 0.686. The van der Waals surface area contributed by atoms with Crippen molar-refractivity contribution in [2.24, 2.45) is 11.7 Å². The van der Waals surface area contributed by atoms with E-state index in [0.29, 0.717) is 6.54 Å². The maximum absolute atomic E-state index is 5.58.